The predicted octanol–water partition coefficient (Wildman–Crippen LogP) is 2.64. The van der Waals surface area contributed by atoms with E-state index in [0.717, 1.165) is 11.3 Å². The van der Waals surface area contributed by atoms with E-state index in [9.17, 15) is 9.59 Å². The van der Waals surface area contributed by atoms with Gasteiger partial charge >= 0.3 is 0 Å². The molecule has 0 saturated carbocycles. The second-order valence-corrected chi connectivity index (χ2v) is 5.90. The van der Waals surface area contributed by atoms with E-state index in [0.29, 0.717) is 23.0 Å². The predicted molar refractivity (Wildman–Crippen MR) is 99.3 cm³/mol. The number of nitrogens with zero attached hydrogens (tertiary/aromatic N) is 2. The lowest BCUT2D eigenvalue weighted by Gasteiger charge is -2.07. The number of aromatic amines is 1. The van der Waals surface area contributed by atoms with Gasteiger partial charge in [0.2, 0.25) is 5.56 Å². The van der Waals surface area contributed by atoms with Crippen LogP contribution in [0.25, 0.3) is 16.6 Å². The second kappa shape index (κ2) is 6.68. The van der Waals surface area contributed by atoms with Gasteiger partial charge in [0.15, 0.2) is 0 Å². The van der Waals surface area contributed by atoms with E-state index in [1.807, 2.05) is 54.7 Å². The maximum absolute atomic E-state index is 12.6. The van der Waals surface area contributed by atoms with Crippen molar-refractivity contribution in [2.75, 3.05) is 0 Å². The van der Waals surface area contributed by atoms with Crippen LogP contribution in [0.1, 0.15) is 15.9 Å². The third-order valence-corrected chi connectivity index (χ3v) is 4.11. The van der Waals surface area contributed by atoms with Crippen molar-refractivity contribution in [3.63, 3.8) is 0 Å². The molecule has 26 heavy (non-hydrogen) atoms. The van der Waals surface area contributed by atoms with Gasteiger partial charge < -0.3 is 10.3 Å². The molecule has 4 aromatic rings. The summed E-state index contributed by atoms with van der Waals surface area (Å²) in [4.78, 5) is 27.1. The lowest BCUT2D eigenvalue weighted by Crippen LogP contribution is -2.24. The summed E-state index contributed by atoms with van der Waals surface area (Å²) < 4.78 is 1.75. The van der Waals surface area contributed by atoms with Gasteiger partial charge in [-0.05, 0) is 18.2 Å². The fourth-order valence-corrected chi connectivity index (χ4v) is 2.84. The van der Waals surface area contributed by atoms with Gasteiger partial charge in [-0.2, -0.15) is 5.10 Å². The summed E-state index contributed by atoms with van der Waals surface area (Å²) in [6, 6.07) is 18.3. The van der Waals surface area contributed by atoms with Crippen molar-refractivity contribution in [3.8, 4) is 5.69 Å². The molecule has 128 valence electrons. The number of rotatable bonds is 4. The first-order valence-electron chi connectivity index (χ1n) is 8.20. The monoisotopic (exact) mass is 344 g/mol. The molecule has 0 aliphatic carbocycles. The largest absolute Gasteiger partial charge is 0.348 e. The summed E-state index contributed by atoms with van der Waals surface area (Å²) in [5.41, 5.74) is 2.52. The molecule has 0 radical (unpaired) electrons. The summed E-state index contributed by atoms with van der Waals surface area (Å²) in [5, 5.41) is 7.88. The molecule has 0 aliphatic heterocycles. The number of amides is 1. The van der Waals surface area contributed by atoms with Crippen LogP contribution >= 0.6 is 0 Å². The molecule has 4 rings (SSSR count). The van der Waals surface area contributed by atoms with Crippen LogP contribution in [0.2, 0.25) is 0 Å². The first-order chi connectivity index (χ1) is 12.7. The molecule has 6 nitrogen and oxygen atoms in total. The number of nitrogens with one attached hydrogen (secondary N) is 2. The minimum Gasteiger partial charge on any atom is -0.348 e. The molecule has 2 aromatic heterocycles. The Labute approximate surface area is 149 Å². The molecule has 0 atom stereocenters. The molecular formula is C20H16N4O2. The van der Waals surface area contributed by atoms with E-state index in [2.05, 4.69) is 15.4 Å². The zero-order chi connectivity index (χ0) is 17.9. The quantitative estimate of drug-likeness (QED) is 0.597. The van der Waals surface area contributed by atoms with Gasteiger partial charge in [-0.25, -0.2) is 4.68 Å². The smallest absolute Gasteiger partial charge is 0.252 e. The van der Waals surface area contributed by atoms with Crippen molar-refractivity contribution in [1.82, 2.24) is 20.1 Å². The highest BCUT2D eigenvalue weighted by Gasteiger charge is 2.12. The molecule has 0 spiro atoms. The fraction of sp³-hybridized carbons (Fsp3) is 0.0500. The number of aromatic nitrogens is 3. The number of hydrogen-bond donors (Lipinski definition) is 2. The highest BCUT2D eigenvalue weighted by atomic mass is 16.2. The number of benzene rings is 2. The van der Waals surface area contributed by atoms with Crippen molar-refractivity contribution >= 4 is 16.8 Å². The van der Waals surface area contributed by atoms with Gasteiger partial charge in [0.05, 0.1) is 17.4 Å². The normalized spacial score (nSPS) is 10.8. The zero-order valence-corrected chi connectivity index (χ0v) is 13.8. The van der Waals surface area contributed by atoms with Crippen LogP contribution in [0, 0.1) is 0 Å². The third kappa shape index (κ3) is 3.12. The molecule has 2 heterocycles. The van der Waals surface area contributed by atoms with E-state index in [1.54, 1.807) is 16.9 Å². The molecule has 6 heteroatoms. The highest BCUT2D eigenvalue weighted by Crippen LogP contribution is 2.14. The van der Waals surface area contributed by atoms with Gasteiger partial charge in [0, 0.05) is 35.3 Å². The first-order valence-corrected chi connectivity index (χ1v) is 8.20. The molecule has 1 amide bonds. The number of carbonyl (C=O) groups is 1. The summed E-state index contributed by atoms with van der Waals surface area (Å²) in [6.45, 7) is 0.326. The van der Waals surface area contributed by atoms with Crippen molar-refractivity contribution in [1.29, 1.82) is 0 Å². The molecule has 0 aliphatic rings. The molecule has 2 aromatic carbocycles. The Balaban J connectivity index is 1.53. The van der Waals surface area contributed by atoms with Gasteiger partial charge in [-0.3, -0.25) is 9.59 Å². The molecule has 0 fully saturated rings. The van der Waals surface area contributed by atoms with Crippen molar-refractivity contribution < 1.29 is 4.79 Å². The Morgan fingerprint density at radius 1 is 1.08 bits per heavy atom. The number of para-hydroxylation sites is 2. The van der Waals surface area contributed by atoms with Crippen molar-refractivity contribution in [2.24, 2.45) is 0 Å². The average molecular weight is 344 g/mol. The van der Waals surface area contributed by atoms with Crippen LogP contribution in [-0.2, 0) is 6.54 Å². The molecule has 0 bridgehead atoms. The van der Waals surface area contributed by atoms with Crippen molar-refractivity contribution in [2.45, 2.75) is 6.54 Å². The van der Waals surface area contributed by atoms with Crippen LogP contribution in [-0.4, -0.2) is 20.7 Å². The Morgan fingerprint density at radius 2 is 1.85 bits per heavy atom. The van der Waals surface area contributed by atoms with E-state index < -0.39 is 0 Å². The van der Waals surface area contributed by atoms with E-state index >= 15 is 0 Å². The van der Waals surface area contributed by atoms with E-state index in [-0.39, 0.29) is 11.5 Å². The number of H-pyrrole nitrogens is 1. The van der Waals surface area contributed by atoms with Crippen LogP contribution in [0.3, 0.4) is 0 Å². The van der Waals surface area contributed by atoms with Crippen LogP contribution in [0.15, 0.2) is 77.9 Å². The average Bonchev–Trinajstić information content (AvgIpc) is 3.15. The maximum atomic E-state index is 12.6. The Hall–Kier alpha value is -3.67. The summed E-state index contributed by atoms with van der Waals surface area (Å²) in [5.74, 6) is -0.292. The minimum atomic E-state index is -0.300. The van der Waals surface area contributed by atoms with Crippen LogP contribution in [0.5, 0.6) is 0 Å². The first kappa shape index (κ1) is 15.8. The van der Waals surface area contributed by atoms with Gasteiger partial charge in [-0.1, -0.05) is 36.4 Å². The standard InChI is InChI=1S/C20H16N4O2/c25-19-10-17(16-8-4-5-9-18(16)23-19)20(26)21-11-14-12-22-24(13-14)15-6-2-1-3-7-15/h1-10,12-13H,11H2,(H,21,26)(H,23,25). The Morgan fingerprint density at radius 3 is 2.69 bits per heavy atom. The molecule has 2 N–H and O–H groups in total. The van der Waals surface area contributed by atoms with Gasteiger partial charge in [-0.15, -0.1) is 0 Å². The minimum absolute atomic E-state index is 0.292. The van der Waals surface area contributed by atoms with Gasteiger partial charge in [0.25, 0.3) is 5.91 Å². The third-order valence-electron chi connectivity index (χ3n) is 4.11. The lowest BCUT2D eigenvalue weighted by atomic mass is 10.1. The topological polar surface area (TPSA) is 79.8 Å². The number of fused-ring (bicyclic) bond motifs is 1. The van der Waals surface area contributed by atoms with Crippen molar-refractivity contribution in [3.05, 3.63) is 94.5 Å². The fourth-order valence-electron chi connectivity index (χ4n) is 2.84. The number of pyridine rings is 1. The van der Waals surface area contributed by atoms with Crippen LogP contribution < -0.4 is 10.9 Å². The number of carbonyl (C=O) groups excluding carboxylic acids is 1. The maximum Gasteiger partial charge on any atom is 0.252 e. The van der Waals surface area contributed by atoms with E-state index in [4.69, 9.17) is 0 Å². The van der Waals surface area contributed by atoms with Crippen LogP contribution in [0.4, 0.5) is 0 Å². The molecule has 0 saturated heterocycles. The second-order valence-electron chi connectivity index (χ2n) is 5.90. The number of hydrogen-bond acceptors (Lipinski definition) is 3. The highest BCUT2D eigenvalue weighted by molar-refractivity contribution is 6.05. The summed E-state index contributed by atoms with van der Waals surface area (Å²) in [6.07, 6.45) is 3.58. The lowest BCUT2D eigenvalue weighted by molar-refractivity contribution is 0.0952. The summed E-state index contributed by atoms with van der Waals surface area (Å²) in [7, 11) is 0. The SMILES string of the molecule is O=C(NCc1cnn(-c2ccccc2)c1)c1cc(=O)[nH]c2ccccc12. The molecule has 0 unspecified atom stereocenters. The molecular weight excluding hydrogens is 328 g/mol. The Bertz CT molecular complexity index is 1130. The van der Waals surface area contributed by atoms with Gasteiger partial charge in [0.1, 0.15) is 0 Å². The van der Waals surface area contributed by atoms with E-state index in [1.165, 1.54) is 6.07 Å². The summed E-state index contributed by atoms with van der Waals surface area (Å²) >= 11 is 0. The Kier molecular flexibility index (Phi) is 4.07. The zero-order valence-electron chi connectivity index (χ0n) is 13.8.